The number of ether oxygens (including phenoxy) is 2. The highest BCUT2D eigenvalue weighted by Gasteiger charge is 2.53. The van der Waals surface area contributed by atoms with E-state index < -0.39 is 0 Å². The Morgan fingerprint density at radius 3 is 2.28 bits per heavy atom. The van der Waals surface area contributed by atoms with Crippen LogP contribution in [0.3, 0.4) is 0 Å². The van der Waals surface area contributed by atoms with Gasteiger partial charge in [-0.2, -0.15) is 0 Å². The summed E-state index contributed by atoms with van der Waals surface area (Å²) in [6.07, 6.45) is 6.53. The fraction of sp³-hybridized carbons (Fsp3) is 0.933. The van der Waals surface area contributed by atoms with Gasteiger partial charge in [0.1, 0.15) is 0 Å². The first kappa shape index (κ1) is 12.5. The van der Waals surface area contributed by atoms with Gasteiger partial charge in [0.25, 0.3) is 0 Å². The summed E-state index contributed by atoms with van der Waals surface area (Å²) in [4.78, 5) is 12.0. The summed E-state index contributed by atoms with van der Waals surface area (Å²) in [7, 11) is 0. The lowest BCUT2D eigenvalue weighted by Crippen LogP contribution is -2.19. The van der Waals surface area contributed by atoms with Crippen LogP contribution in [0.1, 0.15) is 46.0 Å². The molecule has 0 aromatic heterocycles. The van der Waals surface area contributed by atoms with Gasteiger partial charge in [-0.05, 0) is 69.6 Å². The average Bonchev–Trinajstić information content (AvgIpc) is 3.00. The van der Waals surface area contributed by atoms with Crippen LogP contribution in [-0.4, -0.2) is 18.9 Å². The van der Waals surface area contributed by atoms with Crippen molar-refractivity contribution in [3.05, 3.63) is 0 Å². The number of hydrogen-bond donors (Lipinski definition) is 0. The second kappa shape index (κ2) is 4.84. The third kappa shape index (κ3) is 2.18. The molecule has 3 nitrogen and oxygen atoms in total. The number of esters is 1. The fourth-order valence-electron chi connectivity index (χ4n) is 4.56. The predicted molar refractivity (Wildman–Crippen MR) is 67.7 cm³/mol. The van der Waals surface area contributed by atoms with Crippen molar-refractivity contribution in [3.63, 3.8) is 0 Å². The molecule has 2 bridgehead atoms. The Morgan fingerprint density at radius 1 is 1.11 bits per heavy atom. The lowest BCUT2D eigenvalue weighted by atomic mass is 9.82. The van der Waals surface area contributed by atoms with Crippen molar-refractivity contribution < 1.29 is 14.3 Å². The SMILES string of the molecule is CC(C)OCOC(=O)C1CC2C3CCC(C3)C2C1. The number of carbonyl (C=O) groups is 1. The number of rotatable bonds is 4. The van der Waals surface area contributed by atoms with Gasteiger partial charge in [0, 0.05) is 0 Å². The fourth-order valence-corrected chi connectivity index (χ4v) is 4.56. The monoisotopic (exact) mass is 252 g/mol. The van der Waals surface area contributed by atoms with E-state index in [2.05, 4.69) is 0 Å². The first-order valence-corrected chi connectivity index (χ1v) is 7.43. The summed E-state index contributed by atoms with van der Waals surface area (Å²) in [5.41, 5.74) is 0. The van der Waals surface area contributed by atoms with Gasteiger partial charge < -0.3 is 9.47 Å². The van der Waals surface area contributed by atoms with Crippen molar-refractivity contribution in [2.75, 3.05) is 6.79 Å². The molecule has 3 saturated carbocycles. The molecule has 3 aliphatic rings. The summed E-state index contributed by atoms with van der Waals surface area (Å²) >= 11 is 0. The summed E-state index contributed by atoms with van der Waals surface area (Å²) in [5.74, 6) is 3.62. The summed E-state index contributed by atoms with van der Waals surface area (Å²) < 4.78 is 10.5. The van der Waals surface area contributed by atoms with Crippen LogP contribution in [0.2, 0.25) is 0 Å². The summed E-state index contributed by atoms with van der Waals surface area (Å²) in [5, 5.41) is 0. The lowest BCUT2D eigenvalue weighted by Gasteiger charge is -2.23. The first-order valence-electron chi connectivity index (χ1n) is 7.43. The maximum absolute atomic E-state index is 12.0. The zero-order valence-corrected chi connectivity index (χ0v) is 11.4. The maximum atomic E-state index is 12.0. The van der Waals surface area contributed by atoms with E-state index in [1.807, 2.05) is 13.8 Å². The van der Waals surface area contributed by atoms with Crippen LogP contribution in [0.15, 0.2) is 0 Å². The van der Waals surface area contributed by atoms with Crippen LogP contribution in [0, 0.1) is 29.6 Å². The van der Waals surface area contributed by atoms with Gasteiger partial charge in [-0.3, -0.25) is 4.79 Å². The van der Waals surface area contributed by atoms with Gasteiger partial charge in [0.2, 0.25) is 0 Å². The molecule has 0 aliphatic heterocycles. The number of fused-ring (bicyclic) bond motifs is 5. The highest BCUT2D eigenvalue weighted by atomic mass is 16.7. The Labute approximate surface area is 109 Å². The smallest absolute Gasteiger partial charge is 0.311 e. The molecule has 4 unspecified atom stereocenters. The van der Waals surface area contributed by atoms with Crippen LogP contribution in [0.4, 0.5) is 0 Å². The minimum absolute atomic E-state index is 0.0237. The van der Waals surface area contributed by atoms with Crippen LogP contribution >= 0.6 is 0 Å². The van der Waals surface area contributed by atoms with E-state index in [1.165, 1.54) is 19.3 Å². The van der Waals surface area contributed by atoms with Gasteiger partial charge >= 0.3 is 5.97 Å². The van der Waals surface area contributed by atoms with E-state index in [-0.39, 0.29) is 24.8 Å². The first-order chi connectivity index (χ1) is 8.65. The van der Waals surface area contributed by atoms with Crippen LogP contribution < -0.4 is 0 Å². The second-order valence-corrected chi connectivity index (χ2v) is 6.63. The zero-order chi connectivity index (χ0) is 12.7. The van der Waals surface area contributed by atoms with Crippen molar-refractivity contribution in [2.24, 2.45) is 29.6 Å². The summed E-state index contributed by atoms with van der Waals surface area (Å²) in [6, 6.07) is 0. The van der Waals surface area contributed by atoms with E-state index in [4.69, 9.17) is 9.47 Å². The Morgan fingerprint density at radius 2 is 1.72 bits per heavy atom. The number of hydrogen-bond acceptors (Lipinski definition) is 3. The molecule has 18 heavy (non-hydrogen) atoms. The van der Waals surface area contributed by atoms with Crippen molar-refractivity contribution in [1.82, 2.24) is 0 Å². The van der Waals surface area contributed by atoms with E-state index in [0.29, 0.717) is 0 Å². The quantitative estimate of drug-likeness (QED) is 0.570. The third-order valence-electron chi connectivity index (χ3n) is 5.32. The predicted octanol–water partition coefficient (Wildman–Crippen LogP) is 2.98. The largest absolute Gasteiger partial charge is 0.438 e. The van der Waals surface area contributed by atoms with E-state index in [1.54, 1.807) is 0 Å². The topological polar surface area (TPSA) is 35.5 Å². The highest BCUT2D eigenvalue weighted by molar-refractivity contribution is 5.72. The Hall–Kier alpha value is -0.570. The Balaban J connectivity index is 1.49. The maximum Gasteiger partial charge on any atom is 0.311 e. The normalized spacial score (nSPS) is 41.4. The molecule has 4 atom stereocenters. The van der Waals surface area contributed by atoms with E-state index in [0.717, 1.165) is 36.5 Å². The van der Waals surface area contributed by atoms with Gasteiger partial charge in [0.05, 0.1) is 12.0 Å². The van der Waals surface area contributed by atoms with E-state index in [9.17, 15) is 4.79 Å². The van der Waals surface area contributed by atoms with Gasteiger partial charge in [0.15, 0.2) is 6.79 Å². The molecule has 0 N–H and O–H groups in total. The highest BCUT2D eigenvalue weighted by Crippen LogP contribution is 2.60. The molecule has 0 saturated heterocycles. The van der Waals surface area contributed by atoms with Crippen LogP contribution in [0.5, 0.6) is 0 Å². The lowest BCUT2D eigenvalue weighted by molar-refractivity contribution is -0.164. The minimum Gasteiger partial charge on any atom is -0.438 e. The molecular weight excluding hydrogens is 228 g/mol. The van der Waals surface area contributed by atoms with Gasteiger partial charge in [-0.1, -0.05) is 0 Å². The molecule has 0 heterocycles. The van der Waals surface area contributed by atoms with Crippen molar-refractivity contribution >= 4 is 5.97 Å². The molecule has 0 aromatic carbocycles. The Kier molecular flexibility index (Phi) is 3.35. The molecule has 102 valence electrons. The molecular formula is C15H24O3. The molecule has 3 heteroatoms. The van der Waals surface area contributed by atoms with Gasteiger partial charge in [-0.25, -0.2) is 0 Å². The van der Waals surface area contributed by atoms with Gasteiger partial charge in [-0.15, -0.1) is 0 Å². The zero-order valence-electron chi connectivity index (χ0n) is 11.4. The summed E-state index contributed by atoms with van der Waals surface area (Å²) in [6.45, 7) is 4.02. The molecule has 0 radical (unpaired) electrons. The number of carbonyl (C=O) groups excluding carboxylic acids is 1. The standard InChI is InChI=1S/C15H24O3/c1-9(2)17-8-18-15(16)12-6-13-10-3-4-11(5-10)14(13)7-12/h9-14H,3-8H2,1-2H3. The van der Waals surface area contributed by atoms with Crippen molar-refractivity contribution in [1.29, 1.82) is 0 Å². The molecule has 0 spiro atoms. The molecule has 3 aliphatic carbocycles. The second-order valence-electron chi connectivity index (χ2n) is 6.63. The van der Waals surface area contributed by atoms with Crippen molar-refractivity contribution in [2.45, 2.75) is 52.1 Å². The third-order valence-corrected chi connectivity index (χ3v) is 5.32. The van der Waals surface area contributed by atoms with Crippen LogP contribution in [0.25, 0.3) is 0 Å². The van der Waals surface area contributed by atoms with Crippen LogP contribution in [-0.2, 0) is 14.3 Å². The molecule has 3 rings (SSSR count). The van der Waals surface area contributed by atoms with E-state index >= 15 is 0 Å². The molecule has 3 fully saturated rings. The average molecular weight is 252 g/mol. The molecule has 0 aromatic rings. The minimum atomic E-state index is -0.0237. The van der Waals surface area contributed by atoms with Crippen molar-refractivity contribution in [3.8, 4) is 0 Å². The Bertz CT molecular complexity index is 308. The molecule has 0 amide bonds.